The highest BCUT2D eigenvalue weighted by molar-refractivity contribution is 5.96. The highest BCUT2D eigenvalue weighted by Crippen LogP contribution is 2.37. The third kappa shape index (κ3) is 3.47. The van der Waals surface area contributed by atoms with Crippen molar-refractivity contribution in [3.05, 3.63) is 47.8 Å². The molecule has 0 spiro atoms. The molecule has 0 saturated heterocycles. The molecule has 2 N–H and O–H groups in total. The summed E-state index contributed by atoms with van der Waals surface area (Å²) in [5, 5.41) is 12.7. The van der Waals surface area contributed by atoms with Crippen LogP contribution in [0.3, 0.4) is 0 Å². The quantitative estimate of drug-likeness (QED) is 0.855. The molecule has 25 heavy (non-hydrogen) atoms. The van der Waals surface area contributed by atoms with Crippen LogP contribution in [0.4, 0.5) is 18.9 Å². The lowest BCUT2D eigenvalue weighted by Crippen LogP contribution is -2.14. The number of anilines is 1. The Balaban J connectivity index is 2.68. The first-order valence-electron chi connectivity index (χ1n) is 7.03. The van der Waals surface area contributed by atoms with Crippen molar-refractivity contribution >= 4 is 17.2 Å². The summed E-state index contributed by atoms with van der Waals surface area (Å²) in [4.78, 5) is 11.9. The van der Waals surface area contributed by atoms with Gasteiger partial charge < -0.3 is 10.5 Å². The molecule has 130 valence electrons. The molecule has 0 bridgehead atoms. The van der Waals surface area contributed by atoms with Crippen LogP contribution in [0.2, 0.25) is 0 Å². The number of carbonyl (C=O) groups excluding carboxylic acids is 1. The maximum atomic E-state index is 13.1. The third-order valence-electron chi connectivity index (χ3n) is 3.26. The Kier molecular flexibility index (Phi) is 4.83. The van der Waals surface area contributed by atoms with Crippen LogP contribution in [0.25, 0.3) is 11.3 Å². The number of nitrogens with zero attached hydrogens (tertiary/aromatic N) is 3. The maximum Gasteiger partial charge on any atom is 0.417 e. The smallest absolute Gasteiger partial charge is 0.417 e. The summed E-state index contributed by atoms with van der Waals surface area (Å²) < 4.78 is 45.0. The van der Waals surface area contributed by atoms with Gasteiger partial charge in [-0.05, 0) is 31.2 Å². The number of nitrogens with two attached hydrogens (primary N) is 1. The van der Waals surface area contributed by atoms with Crippen LogP contribution in [0, 0.1) is 11.3 Å². The molecule has 0 fully saturated rings. The van der Waals surface area contributed by atoms with Gasteiger partial charge in [0.1, 0.15) is 5.69 Å². The average molecular weight is 350 g/mol. The number of hydrogen-bond acceptors (Lipinski definition) is 5. The summed E-state index contributed by atoms with van der Waals surface area (Å²) in [6.45, 7) is 4.58. The van der Waals surface area contributed by atoms with Crippen molar-refractivity contribution in [1.29, 1.82) is 5.26 Å². The number of carbonyl (C=O) groups is 1. The van der Waals surface area contributed by atoms with Crippen LogP contribution >= 0.6 is 0 Å². The lowest BCUT2D eigenvalue weighted by Gasteiger charge is -2.13. The largest absolute Gasteiger partial charge is 0.461 e. The van der Waals surface area contributed by atoms with Crippen molar-refractivity contribution < 1.29 is 22.7 Å². The number of allylic oxidation sites excluding steroid dienone is 1. The van der Waals surface area contributed by atoms with Gasteiger partial charge in [-0.2, -0.15) is 23.5 Å². The number of aromatic nitrogens is 2. The highest BCUT2D eigenvalue weighted by atomic mass is 19.4. The number of esters is 1. The molecule has 6 nitrogen and oxygen atoms in total. The van der Waals surface area contributed by atoms with Crippen molar-refractivity contribution in [2.24, 2.45) is 0 Å². The minimum atomic E-state index is -4.77. The van der Waals surface area contributed by atoms with Crippen LogP contribution < -0.4 is 5.73 Å². The first-order valence-corrected chi connectivity index (χ1v) is 7.03. The lowest BCUT2D eigenvalue weighted by molar-refractivity contribution is -0.0690. The van der Waals surface area contributed by atoms with Crippen LogP contribution in [-0.2, 0) is 4.74 Å². The summed E-state index contributed by atoms with van der Waals surface area (Å²) in [6, 6.07) is 7.46. The van der Waals surface area contributed by atoms with Gasteiger partial charge in [-0.15, -0.1) is 0 Å². The Morgan fingerprint density at radius 3 is 2.48 bits per heavy atom. The SMILES string of the molecule is C=C(c1c(N)c(C(=O)OCC)nn1-c1ccc(C#N)cc1)C(F)(F)F. The van der Waals surface area contributed by atoms with Crippen LogP contribution in [0.1, 0.15) is 28.7 Å². The molecule has 0 aliphatic rings. The second-order valence-corrected chi connectivity index (χ2v) is 4.88. The minimum Gasteiger partial charge on any atom is -0.461 e. The van der Waals surface area contributed by atoms with Crippen molar-refractivity contribution in [3.8, 4) is 11.8 Å². The zero-order valence-electron chi connectivity index (χ0n) is 13.1. The van der Waals surface area contributed by atoms with Gasteiger partial charge in [-0.25, -0.2) is 9.48 Å². The zero-order valence-corrected chi connectivity index (χ0v) is 13.1. The molecule has 2 rings (SSSR count). The molecule has 2 aromatic rings. The Morgan fingerprint density at radius 1 is 1.40 bits per heavy atom. The van der Waals surface area contributed by atoms with E-state index < -0.39 is 34.8 Å². The van der Waals surface area contributed by atoms with Gasteiger partial charge >= 0.3 is 12.1 Å². The number of ether oxygens (including phenoxy) is 1. The first kappa shape index (κ1) is 18.1. The van der Waals surface area contributed by atoms with Gasteiger partial charge in [-0.3, -0.25) is 0 Å². The number of nitriles is 1. The normalized spacial score (nSPS) is 11.0. The summed E-state index contributed by atoms with van der Waals surface area (Å²) in [7, 11) is 0. The molecule has 1 heterocycles. The summed E-state index contributed by atoms with van der Waals surface area (Å²) >= 11 is 0. The van der Waals surface area contributed by atoms with Crippen molar-refractivity contribution in [1.82, 2.24) is 9.78 Å². The average Bonchev–Trinajstić information content (AvgIpc) is 2.91. The van der Waals surface area contributed by atoms with Crippen molar-refractivity contribution in [3.63, 3.8) is 0 Å². The lowest BCUT2D eigenvalue weighted by atomic mass is 10.1. The maximum absolute atomic E-state index is 13.1. The molecule has 0 unspecified atom stereocenters. The number of benzene rings is 1. The van der Waals surface area contributed by atoms with E-state index in [-0.39, 0.29) is 12.3 Å². The zero-order chi connectivity index (χ0) is 18.8. The number of alkyl halides is 3. The topological polar surface area (TPSA) is 93.9 Å². The molecule has 0 atom stereocenters. The molecular weight excluding hydrogens is 337 g/mol. The van der Waals surface area contributed by atoms with Crippen LogP contribution in [0.15, 0.2) is 30.8 Å². The second-order valence-electron chi connectivity index (χ2n) is 4.88. The van der Waals surface area contributed by atoms with Gasteiger partial charge in [-0.1, -0.05) is 6.58 Å². The molecule has 0 aliphatic carbocycles. The molecule has 0 radical (unpaired) electrons. The van der Waals surface area contributed by atoms with E-state index in [2.05, 4.69) is 11.7 Å². The Bertz CT molecular complexity index is 861. The summed E-state index contributed by atoms with van der Waals surface area (Å²) in [6.07, 6.45) is -4.77. The van der Waals surface area contributed by atoms with Crippen LogP contribution in [-0.4, -0.2) is 28.5 Å². The van der Waals surface area contributed by atoms with Gasteiger partial charge in [0.05, 0.1) is 35.2 Å². The summed E-state index contributed by atoms with van der Waals surface area (Å²) in [5.41, 5.74) is 3.49. The van der Waals surface area contributed by atoms with Gasteiger partial charge in [0.25, 0.3) is 0 Å². The number of rotatable bonds is 4. The molecule has 0 saturated carbocycles. The van der Waals surface area contributed by atoms with E-state index in [1.807, 2.05) is 6.07 Å². The number of halogens is 3. The van der Waals surface area contributed by atoms with E-state index in [0.717, 1.165) is 4.68 Å². The summed E-state index contributed by atoms with van der Waals surface area (Å²) in [5.74, 6) is -0.941. The monoisotopic (exact) mass is 350 g/mol. The fraction of sp³-hybridized carbons (Fsp3) is 0.188. The highest BCUT2D eigenvalue weighted by Gasteiger charge is 2.38. The third-order valence-corrected chi connectivity index (χ3v) is 3.26. The van der Waals surface area contributed by atoms with E-state index in [1.165, 1.54) is 24.3 Å². The molecule has 0 aliphatic heterocycles. The first-order chi connectivity index (χ1) is 11.7. The number of nitrogen functional groups attached to an aromatic ring is 1. The molecular formula is C16H13F3N4O2. The van der Waals surface area contributed by atoms with E-state index in [9.17, 15) is 18.0 Å². The second kappa shape index (κ2) is 6.68. The molecule has 1 aromatic heterocycles. The van der Waals surface area contributed by atoms with Crippen molar-refractivity contribution in [2.75, 3.05) is 12.3 Å². The molecule has 9 heteroatoms. The van der Waals surface area contributed by atoms with E-state index in [0.29, 0.717) is 5.56 Å². The fourth-order valence-electron chi connectivity index (χ4n) is 2.07. The van der Waals surface area contributed by atoms with Gasteiger partial charge in [0.15, 0.2) is 5.69 Å². The minimum absolute atomic E-state index is 0.0115. The van der Waals surface area contributed by atoms with Crippen molar-refractivity contribution in [2.45, 2.75) is 13.1 Å². The van der Waals surface area contributed by atoms with E-state index in [4.69, 9.17) is 15.7 Å². The Hall–Kier alpha value is -3.28. The standard InChI is InChI=1S/C16H13F3N4O2/c1-3-25-15(24)13-12(21)14(9(2)16(17,18)19)23(22-13)11-6-4-10(8-20)5-7-11/h4-7H,2-3,21H2,1H3. The van der Waals surface area contributed by atoms with E-state index >= 15 is 0 Å². The van der Waals surface area contributed by atoms with Gasteiger partial charge in [0, 0.05) is 0 Å². The van der Waals surface area contributed by atoms with Gasteiger partial charge in [0.2, 0.25) is 0 Å². The number of hydrogen-bond donors (Lipinski definition) is 1. The van der Waals surface area contributed by atoms with Crippen LogP contribution in [0.5, 0.6) is 0 Å². The fourth-order valence-corrected chi connectivity index (χ4v) is 2.07. The predicted octanol–water partition coefficient (Wildman–Crippen LogP) is 3.08. The van der Waals surface area contributed by atoms with E-state index in [1.54, 1.807) is 6.92 Å². The molecule has 1 aromatic carbocycles. The molecule has 0 amide bonds. The Labute approximate surface area is 140 Å². The Morgan fingerprint density at radius 2 is 2.00 bits per heavy atom. The predicted molar refractivity (Wildman–Crippen MR) is 83.7 cm³/mol.